The first-order valence-electron chi connectivity index (χ1n) is 9.68. The number of nitrogens with one attached hydrogen (secondary N) is 1. The van der Waals surface area contributed by atoms with Crippen LogP contribution < -0.4 is 5.76 Å². The molecule has 1 amide bonds. The fourth-order valence-corrected chi connectivity index (χ4v) is 4.45. The first-order chi connectivity index (χ1) is 14.4. The number of aryl methyl sites for hydroxylation is 1. The molecule has 1 atom stereocenters. The van der Waals surface area contributed by atoms with Gasteiger partial charge in [-0.25, -0.2) is 4.79 Å². The van der Waals surface area contributed by atoms with Crippen LogP contribution in [0.2, 0.25) is 5.02 Å². The van der Waals surface area contributed by atoms with E-state index in [9.17, 15) is 9.59 Å². The molecule has 152 valence electrons. The van der Waals surface area contributed by atoms with E-state index >= 15 is 0 Å². The molecule has 3 heterocycles. The molecule has 8 heteroatoms. The van der Waals surface area contributed by atoms with Crippen molar-refractivity contribution in [2.45, 2.75) is 19.4 Å². The van der Waals surface area contributed by atoms with Gasteiger partial charge in [-0.1, -0.05) is 23.7 Å². The van der Waals surface area contributed by atoms with Gasteiger partial charge in [0.25, 0.3) is 5.91 Å². The van der Waals surface area contributed by atoms with Crippen molar-refractivity contribution in [1.29, 1.82) is 0 Å². The van der Waals surface area contributed by atoms with Crippen molar-refractivity contribution in [3.8, 4) is 11.3 Å². The van der Waals surface area contributed by atoms with Crippen molar-refractivity contribution in [3.05, 3.63) is 74.9 Å². The van der Waals surface area contributed by atoms with E-state index < -0.39 is 5.76 Å². The predicted octanol–water partition coefficient (Wildman–Crippen LogP) is 3.93. The van der Waals surface area contributed by atoms with Gasteiger partial charge in [0.15, 0.2) is 5.58 Å². The smallest absolute Gasteiger partial charge is 0.408 e. The third-order valence-corrected chi connectivity index (χ3v) is 5.90. The Balaban J connectivity index is 1.50. The Kier molecular flexibility index (Phi) is 4.29. The average molecular weight is 423 g/mol. The number of H-pyrrole nitrogens is 1. The van der Waals surface area contributed by atoms with Gasteiger partial charge in [0.1, 0.15) is 0 Å². The van der Waals surface area contributed by atoms with Crippen LogP contribution in [0, 0.1) is 0 Å². The van der Waals surface area contributed by atoms with Gasteiger partial charge >= 0.3 is 5.76 Å². The van der Waals surface area contributed by atoms with E-state index in [0.29, 0.717) is 34.7 Å². The Morgan fingerprint density at radius 2 is 2.10 bits per heavy atom. The van der Waals surface area contributed by atoms with E-state index in [-0.39, 0.29) is 11.9 Å². The summed E-state index contributed by atoms with van der Waals surface area (Å²) in [6.45, 7) is 2.56. The van der Waals surface area contributed by atoms with Crippen molar-refractivity contribution in [2.75, 3.05) is 6.54 Å². The summed E-state index contributed by atoms with van der Waals surface area (Å²) >= 11 is 6.19. The summed E-state index contributed by atoms with van der Waals surface area (Å²) in [6.07, 6.45) is 0.697. The van der Waals surface area contributed by atoms with Crippen molar-refractivity contribution < 1.29 is 9.21 Å². The molecular formula is C22H19ClN4O3. The summed E-state index contributed by atoms with van der Waals surface area (Å²) < 4.78 is 6.96. The Morgan fingerprint density at radius 1 is 1.27 bits per heavy atom. The second-order valence-corrected chi connectivity index (χ2v) is 7.93. The summed E-state index contributed by atoms with van der Waals surface area (Å²) in [5.74, 6) is -0.651. The van der Waals surface area contributed by atoms with Crippen LogP contribution in [0.15, 0.2) is 51.7 Å². The second kappa shape index (κ2) is 6.88. The Bertz CT molecular complexity index is 1350. The number of carbonyl (C=O) groups is 1. The maximum absolute atomic E-state index is 13.2. The second-order valence-electron chi connectivity index (χ2n) is 7.50. The van der Waals surface area contributed by atoms with Crippen LogP contribution in [-0.2, 0) is 13.5 Å². The summed E-state index contributed by atoms with van der Waals surface area (Å²) in [5, 5.41) is 5.41. The van der Waals surface area contributed by atoms with Gasteiger partial charge < -0.3 is 9.32 Å². The third-order valence-electron chi connectivity index (χ3n) is 5.67. The predicted molar refractivity (Wildman–Crippen MR) is 114 cm³/mol. The molecule has 5 rings (SSSR count). The van der Waals surface area contributed by atoms with E-state index in [0.717, 1.165) is 22.5 Å². The number of carbonyl (C=O) groups excluding carboxylic acids is 1. The molecule has 1 N–H and O–H groups in total. The highest BCUT2D eigenvalue weighted by Crippen LogP contribution is 2.36. The van der Waals surface area contributed by atoms with Crippen LogP contribution in [-0.4, -0.2) is 32.1 Å². The molecule has 0 bridgehead atoms. The number of oxazole rings is 1. The van der Waals surface area contributed by atoms with E-state index in [2.05, 4.69) is 4.98 Å². The molecule has 2 aromatic carbocycles. The minimum absolute atomic E-state index is 0.117. The molecule has 4 aromatic rings. The number of amides is 1. The normalized spacial score (nSPS) is 16.1. The lowest BCUT2D eigenvalue weighted by Gasteiger charge is -2.33. The fraction of sp³-hybridized carbons (Fsp3) is 0.227. The Labute approximate surface area is 176 Å². The van der Waals surface area contributed by atoms with Gasteiger partial charge in [-0.3, -0.25) is 14.5 Å². The van der Waals surface area contributed by atoms with Crippen LogP contribution >= 0.6 is 11.6 Å². The lowest BCUT2D eigenvalue weighted by atomic mass is 9.95. The quantitative estimate of drug-likeness (QED) is 0.530. The molecule has 0 aliphatic carbocycles. The number of hydrogen-bond acceptors (Lipinski definition) is 4. The maximum Gasteiger partial charge on any atom is 0.417 e. The highest BCUT2D eigenvalue weighted by molar-refractivity contribution is 6.30. The molecule has 0 unspecified atom stereocenters. The van der Waals surface area contributed by atoms with Gasteiger partial charge in [0, 0.05) is 35.3 Å². The number of halogens is 1. The zero-order valence-electron chi connectivity index (χ0n) is 16.5. The van der Waals surface area contributed by atoms with E-state index in [4.69, 9.17) is 21.1 Å². The Hall–Kier alpha value is -3.32. The number of aromatic nitrogens is 3. The molecule has 1 aliphatic rings. The number of aromatic amines is 1. The molecule has 30 heavy (non-hydrogen) atoms. The van der Waals surface area contributed by atoms with Gasteiger partial charge in [0.2, 0.25) is 0 Å². The van der Waals surface area contributed by atoms with Crippen molar-refractivity contribution in [3.63, 3.8) is 0 Å². The monoisotopic (exact) mass is 422 g/mol. The van der Waals surface area contributed by atoms with Crippen LogP contribution in [0.1, 0.15) is 34.6 Å². The summed E-state index contributed by atoms with van der Waals surface area (Å²) in [6, 6.07) is 12.5. The number of fused-ring (bicyclic) bond motifs is 2. The number of rotatable bonds is 2. The molecule has 7 nitrogen and oxygen atoms in total. The molecule has 0 saturated heterocycles. The SMILES string of the molecule is C[C@H]1c2nn(C)c(-c3cccc(Cl)c3)c2CCN1C(=O)c1ccc2[nH]c(=O)oc2c1. The fourth-order valence-electron chi connectivity index (χ4n) is 4.26. The maximum atomic E-state index is 13.2. The highest BCUT2D eigenvalue weighted by Gasteiger charge is 2.33. The molecule has 0 fully saturated rings. The van der Waals surface area contributed by atoms with Crippen LogP contribution in [0.4, 0.5) is 0 Å². The van der Waals surface area contributed by atoms with Crippen molar-refractivity contribution in [1.82, 2.24) is 19.7 Å². The standard InChI is InChI=1S/C22H19ClN4O3/c1-12-19-16(20(26(2)25-19)13-4-3-5-15(23)10-13)8-9-27(12)21(28)14-6-7-17-18(11-14)30-22(29)24-17/h3-7,10-12H,8-9H2,1-2H3,(H,24,29)/t12-/m0/s1. The first kappa shape index (κ1) is 18.7. The Morgan fingerprint density at radius 3 is 2.90 bits per heavy atom. The van der Waals surface area contributed by atoms with Gasteiger partial charge in [-0.15, -0.1) is 0 Å². The molecule has 2 aromatic heterocycles. The van der Waals surface area contributed by atoms with Crippen molar-refractivity contribution >= 4 is 28.6 Å². The summed E-state index contributed by atoms with van der Waals surface area (Å²) in [4.78, 5) is 29.0. The van der Waals surface area contributed by atoms with Gasteiger partial charge in [-0.05, 0) is 43.7 Å². The molecule has 0 radical (unpaired) electrons. The molecule has 0 spiro atoms. The van der Waals surface area contributed by atoms with E-state index in [1.54, 1.807) is 18.2 Å². The van der Waals surface area contributed by atoms with Gasteiger partial charge in [0.05, 0.1) is 22.9 Å². The summed E-state index contributed by atoms with van der Waals surface area (Å²) in [7, 11) is 1.91. The molecule has 0 saturated carbocycles. The van der Waals surface area contributed by atoms with Crippen LogP contribution in [0.5, 0.6) is 0 Å². The van der Waals surface area contributed by atoms with E-state index in [1.807, 2.05) is 47.8 Å². The topological polar surface area (TPSA) is 84.1 Å². The first-order valence-corrected chi connectivity index (χ1v) is 10.1. The lowest BCUT2D eigenvalue weighted by Crippen LogP contribution is -2.38. The minimum Gasteiger partial charge on any atom is -0.408 e. The number of nitrogens with zero attached hydrogens (tertiary/aromatic N) is 3. The number of benzene rings is 2. The molecule has 1 aliphatic heterocycles. The lowest BCUT2D eigenvalue weighted by molar-refractivity contribution is 0.0673. The average Bonchev–Trinajstić information content (AvgIpc) is 3.26. The van der Waals surface area contributed by atoms with Gasteiger partial charge in [-0.2, -0.15) is 5.10 Å². The van der Waals surface area contributed by atoms with Crippen molar-refractivity contribution in [2.24, 2.45) is 7.05 Å². The zero-order chi connectivity index (χ0) is 21.0. The summed E-state index contributed by atoms with van der Waals surface area (Å²) in [5.41, 5.74) is 5.50. The molecular weight excluding hydrogens is 404 g/mol. The highest BCUT2D eigenvalue weighted by atomic mass is 35.5. The number of hydrogen-bond donors (Lipinski definition) is 1. The minimum atomic E-state index is -0.535. The van der Waals surface area contributed by atoms with Crippen LogP contribution in [0.3, 0.4) is 0 Å². The van der Waals surface area contributed by atoms with E-state index in [1.165, 1.54) is 0 Å². The largest absolute Gasteiger partial charge is 0.417 e. The third kappa shape index (κ3) is 2.93. The van der Waals surface area contributed by atoms with Crippen LogP contribution in [0.25, 0.3) is 22.4 Å². The zero-order valence-corrected chi connectivity index (χ0v) is 17.2.